The summed E-state index contributed by atoms with van der Waals surface area (Å²) in [5.41, 5.74) is 2.01. The first kappa shape index (κ1) is 12.6. The fourth-order valence-corrected chi connectivity index (χ4v) is 2.11. The van der Waals surface area contributed by atoms with Gasteiger partial charge in [0.25, 0.3) is 0 Å². The molecule has 3 nitrogen and oxygen atoms in total. The lowest BCUT2D eigenvalue weighted by molar-refractivity contribution is 0.790. The van der Waals surface area contributed by atoms with Gasteiger partial charge in [0.2, 0.25) is 0 Å². The molecule has 2 aromatic rings. The minimum absolute atomic E-state index is 0.279. The summed E-state index contributed by atoms with van der Waals surface area (Å²) in [5.74, 6) is 0. The van der Waals surface area contributed by atoms with Crippen molar-refractivity contribution in [1.82, 2.24) is 15.0 Å². The van der Waals surface area contributed by atoms with E-state index in [-0.39, 0.29) is 4.83 Å². The molecule has 2 rings (SSSR count). The molecule has 0 aliphatic carbocycles. The Morgan fingerprint density at radius 2 is 2.06 bits per heavy atom. The topological polar surface area (TPSA) is 30.7 Å². The zero-order valence-electron chi connectivity index (χ0n) is 9.80. The van der Waals surface area contributed by atoms with Gasteiger partial charge >= 0.3 is 0 Å². The van der Waals surface area contributed by atoms with Crippen molar-refractivity contribution >= 4 is 27.7 Å². The van der Waals surface area contributed by atoms with Crippen LogP contribution in [0.5, 0.6) is 0 Å². The maximum Gasteiger partial charge on any atom is 0.0967 e. The van der Waals surface area contributed by atoms with Gasteiger partial charge in [-0.25, -0.2) is 4.68 Å². The molecule has 0 spiro atoms. The molecular formula is C12H14BrN3S. The van der Waals surface area contributed by atoms with Crippen LogP contribution in [0.1, 0.15) is 23.9 Å². The van der Waals surface area contributed by atoms with Crippen molar-refractivity contribution in [2.24, 2.45) is 0 Å². The second-order valence-corrected chi connectivity index (χ2v) is 5.65. The molecule has 0 N–H and O–H groups in total. The summed E-state index contributed by atoms with van der Waals surface area (Å²) in [7, 11) is 0. The van der Waals surface area contributed by atoms with Gasteiger partial charge in [0.1, 0.15) is 0 Å². The Hall–Kier alpha value is -0.810. The number of thioether (sulfide) groups is 1. The summed E-state index contributed by atoms with van der Waals surface area (Å²) in [6.45, 7) is 2.12. The van der Waals surface area contributed by atoms with Crippen LogP contribution in [0.25, 0.3) is 5.69 Å². The fraction of sp³-hybridized carbons (Fsp3) is 0.333. The van der Waals surface area contributed by atoms with Crippen LogP contribution >= 0.6 is 27.7 Å². The van der Waals surface area contributed by atoms with Gasteiger partial charge in [0.05, 0.1) is 22.4 Å². The van der Waals surface area contributed by atoms with Crippen molar-refractivity contribution in [1.29, 1.82) is 0 Å². The highest BCUT2D eigenvalue weighted by atomic mass is 79.9. The fourth-order valence-electron chi connectivity index (χ4n) is 1.49. The van der Waals surface area contributed by atoms with Crippen LogP contribution in [0.15, 0.2) is 35.4 Å². The highest BCUT2D eigenvalue weighted by molar-refractivity contribution is 9.09. The number of alkyl halides is 1. The zero-order valence-corrected chi connectivity index (χ0v) is 12.2. The highest BCUT2D eigenvalue weighted by Crippen LogP contribution is 2.24. The third-order valence-corrected chi connectivity index (χ3v) is 4.39. The van der Waals surface area contributed by atoms with E-state index < -0.39 is 0 Å². The lowest BCUT2D eigenvalue weighted by Gasteiger charge is -2.01. The summed E-state index contributed by atoms with van der Waals surface area (Å²) in [6.07, 6.45) is 5.04. The smallest absolute Gasteiger partial charge is 0.0967 e. The number of rotatable bonds is 4. The van der Waals surface area contributed by atoms with Crippen molar-refractivity contribution < 1.29 is 0 Å². The van der Waals surface area contributed by atoms with E-state index in [0.717, 1.165) is 17.8 Å². The van der Waals surface area contributed by atoms with Gasteiger partial charge < -0.3 is 0 Å². The first-order chi connectivity index (χ1) is 8.24. The van der Waals surface area contributed by atoms with Gasteiger partial charge in [0.15, 0.2) is 0 Å². The minimum atomic E-state index is 0.279. The van der Waals surface area contributed by atoms with Crippen LogP contribution in [-0.2, 0) is 0 Å². The second kappa shape index (κ2) is 5.69. The Kier molecular flexibility index (Phi) is 4.23. The summed E-state index contributed by atoms with van der Waals surface area (Å²) >= 11 is 5.31. The molecule has 0 aliphatic rings. The van der Waals surface area contributed by atoms with Crippen molar-refractivity contribution in [3.8, 4) is 5.69 Å². The SMILES string of the molecule is CCC(Br)c1cn(-c2ccc(SC)cc2)nn1. The van der Waals surface area contributed by atoms with E-state index >= 15 is 0 Å². The monoisotopic (exact) mass is 311 g/mol. The lowest BCUT2D eigenvalue weighted by Crippen LogP contribution is -1.94. The summed E-state index contributed by atoms with van der Waals surface area (Å²) < 4.78 is 1.81. The maximum atomic E-state index is 4.17. The lowest BCUT2D eigenvalue weighted by atomic mass is 10.3. The number of nitrogens with zero attached hydrogens (tertiary/aromatic N) is 3. The quantitative estimate of drug-likeness (QED) is 0.635. The predicted molar refractivity (Wildman–Crippen MR) is 75.1 cm³/mol. The predicted octanol–water partition coefficient (Wildman–Crippen LogP) is 3.84. The van der Waals surface area contributed by atoms with Gasteiger partial charge in [-0.15, -0.1) is 16.9 Å². The Labute approximate surface area is 114 Å². The Bertz CT molecular complexity index is 481. The number of hydrogen-bond acceptors (Lipinski definition) is 3. The number of aromatic nitrogens is 3. The third kappa shape index (κ3) is 2.90. The second-order valence-electron chi connectivity index (χ2n) is 3.66. The first-order valence-corrected chi connectivity index (χ1v) is 7.59. The molecule has 0 saturated carbocycles. The molecule has 1 aromatic heterocycles. The third-order valence-electron chi connectivity index (χ3n) is 2.53. The van der Waals surface area contributed by atoms with Gasteiger partial charge in [0, 0.05) is 4.90 Å². The van der Waals surface area contributed by atoms with Crippen LogP contribution in [0.2, 0.25) is 0 Å². The molecule has 0 aliphatic heterocycles. The molecule has 0 saturated heterocycles. The summed E-state index contributed by atoms with van der Waals surface area (Å²) in [6, 6.07) is 8.29. The van der Waals surface area contributed by atoms with Crippen molar-refractivity contribution in [3.63, 3.8) is 0 Å². The molecule has 5 heteroatoms. The average molecular weight is 312 g/mol. The van der Waals surface area contributed by atoms with Gasteiger partial charge in [-0.3, -0.25) is 0 Å². The Morgan fingerprint density at radius 1 is 1.35 bits per heavy atom. The van der Waals surface area contributed by atoms with Crippen LogP contribution in [0, 0.1) is 0 Å². The molecule has 17 heavy (non-hydrogen) atoms. The van der Waals surface area contributed by atoms with Crippen LogP contribution in [0.3, 0.4) is 0 Å². The molecule has 1 heterocycles. The molecule has 0 fully saturated rings. The van der Waals surface area contributed by atoms with Crippen LogP contribution < -0.4 is 0 Å². The van der Waals surface area contributed by atoms with E-state index in [1.165, 1.54) is 4.90 Å². The first-order valence-electron chi connectivity index (χ1n) is 5.45. The van der Waals surface area contributed by atoms with E-state index in [4.69, 9.17) is 0 Å². The van der Waals surface area contributed by atoms with Crippen LogP contribution in [0.4, 0.5) is 0 Å². The Morgan fingerprint density at radius 3 is 2.65 bits per heavy atom. The standard InChI is InChI=1S/C12H14BrN3S/c1-3-11(13)12-8-16(15-14-12)9-4-6-10(17-2)7-5-9/h4-8,11H,3H2,1-2H3. The maximum absolute atomic E-state index is 4.17. The van der Waals surface area contributed by atoms with Crippen LogP contribution in [-0.4, -0.2) is 21.2 Å². The zero-order chi connectivity index (χ0) is 12.3. The van der Waals surface area contributed by atoms with Gasteiger partial charge in [-0.1, -0.05) is 28.1 Å². The molecule has 1 atom stereocenters. The van der Waals surface area contributed by atoms with E-state index in [0.29, 0.717) is 0 Å². The number of hydrogen-bond donors (Lipinski definition) is 0. The van der Waals surface area contributed by atoms with Gasteiger partial charge in [-0.05, 0) is 36.9 Å². The molecule has 1 aromatic carbocycles. The summed E-state index contributed by atoms with van der Waals surface area (Å²) in [5, 5.41) is 8.31. The normalized spacial score (nSPS) is 12.6. The molecule has 0 radical (unpaired) electrons. The number of benzene rings is 1. The van der Waals surface area contributed by atoms with E-state index in [2.05, 4.69) is 63.7 Å². The van der Waals surface area contributed by atoms with Crippen molar-refractivity contribution in [3.05, 3.63) is 36.2 Å². The molecule has 0 amide bonds. The van der Waals surface area contributed by atoms with E-state index in [9.17, 15) is 0 Å². The number of halogens is 1. The average Bonchev–Trinajstić information content (AvgIpc) is 2.87. The van der Waals surface area contributed by atoms with Crippen molar-refractivity contribution in [2.45, 2.75) is 23.1 Å². The largest absolute Gasteiger partial charge is 0.220 e. The van der Waals surface area contributed by atoms with E-state index in [1.54, 1.807) is 11.8 Å². The van der Waals surface area contributed by atoms with Gasteiger partial charge in [-0.2, -0.15) is 0 Å². The molecule has 0 bridgehead atoms. The minimum Gasteiger partial charge on any atom is -0.220 e. The molecule has 1 unspecified atom stereocenters. The summed E-state index contributed by atoms with van der Waals surface area (Å²) in [4.78, 5) is 1.53. The highest BCUT2D eigenvalue weighted by Gasteiger charge is 2.10. The van der Waals surface area contributed by atoms with E-state index in [1.807, 2.05) is 10.9 Å². The Balaban J connectivity index is 2.24. The molecular weight excluding hydrogens is 298 g/mol. The molecule has 90 valence electrons. The van der Waals surface area contributed by atoms with Crippen molar-refractivity contribution in [2.75, 3.05) is 6.26 Å².